The Morgan fingerprint density at radius 1 is 1.39 bits per heavy atom. The van der Waals surface area contributed by atoms with Gasteiger partial charge in [-0.15, -0.1) is 0 Å². The van der Waals surface area contributed by atoms with E-state index in [0.717, 1.165) is 5.69 Å². The monoisotopic (exact) mass is 247 g/mol. The molecule has 0 spiro atoms. The molecule has 0 bridgehead atoms. The lowest BCUT2D eigenvalue weighted by Gasteiger charge is -2.17. The highest BCUT2D eigenvalue weighted by Crippen LogP contribution is 2.22. The van der Waals surface area contributed by atoms with Gasteiger partial charge in [-0.05, 0) is 26.0 Å². The zero-order valence-corrected chi connectivity index (χ0v) is 10.7. The highest BCUT2D eigenvalue weighted by Gasteiger charge is 2.37. The molecule has 1 heterocycles. The molecule has 96 valence electrons. The summed E-state index contributed by atoms with van der Waals surface area (Å²) in [5.74, 6) is -1.10. The van der Waals surface area contributed by atoms with Crippen LogP contribution < -0.4 is 4.90 Å². The van der Waals surface area contributed by atoms with E-state index in [9.17, 15) is 9.59 Å². The predicted molar refractivity (Wildman–Crippen MR) is 68.5 cm³/mol. The topological polar surface area (TPSA) is 46.6 Å². The summed E-state index contributed by atoms with van der Waals surface area (Å²) in [5.41, 5.74) is 2.15. The van der Waals surface area contributed by atoms with Crippen LogP contribution in [-0.4, -0.2) is 31.4 Å². The minimum Gasteiger partial charge on any atom is -0.465 e. The number of ether oxygens (including phenoxy) is 1. The molecule has 4 nitrogen and oxygen atoms in total. The predicted octanol–water partition coefficient (Wildman–Crippen LogP) is 1.56. The van der Waals surface area contributed by atoms with Gasteiger partial charge in [-0.1, -0.05) is 17.7 Å². The molecule has 1 aromatic rings. The maximum absolute atomic E-state index is 11.8. The van der Waals surface area contributed by atoms with Crippen molar-refractivity contribution in [2.24, 2.45) is 5.92 Å². The molecular weight excluding hydrogens is 230 g/mol. The molecule has 4 heteroatoms. The van der Waals surface area contributed by atoms with Crippen LogP contribution in [0.1, 0.15) is 12.5 Å². The fraction of sp³-hybridized carbons (Fsp3) is 0.429. The van der Waals surface area contributed by atoms with Gasteiger partial charge in [0.05, 0.1) is 13.2 Å². The van der Waals surface area contributed by atoms with Crippen molar-refractivity contribution in [1.29, 1.82) is 0 Å². The number of carbonyl (C=O) groups excluding carboxylic acids is 2. The van der Waals surface area contributed by atoms with Gasteiger partial charge < -0.3 is 9.64 Å². The summed E-state index contributed by atoms with van der Waals surface area (Å²) < 4.78 is 4.91. The Labute approximate surface area is 107 Å². The van der Waals surface area contributed by atoms with Gasteiger partial charge in [0.1, 0.15) is 5.92 Å². The highest BCUT2D eigenvalue weighted by atomic mass is 16.5. The van der Waals surface area contributed by atoms with Crippen LogP contribution in [0.15, 0.2) is 24.3 Å². The molecule has 0 amide bonds. The molecule has 1 atom stereocenters. The Morgan fingerprint density at radius 2 is 2.06 bits per heavy atom. The summed E-state index contributed by atoms with van der Waals surface area (Å²) in [6.07, 6.45) is 0. The molecule has 0 aliphatic carbocycles. The Kier molecular flexibility index (Phi) is 3.65. The number of carbonyl (C=O) groups is 2. The number of hydrogen-bond acceptors (Lipinski definition) is 4. The van der Waals surface area contributed by atoms with Crippen molar-refractivity contribution in [3.63, 3.8) is 0 Å². The Bertz CT molecular complexity index is 453. The molecule has 0 N–H and O–H groups in total. The third kappa shape index (κ3) is 2.53. The molecule has 0 radical (unpaired) electrons. The average Bonchev–Trinajstić information content (AvgIpc) is 2.72. The normalized spacial score (nSPS) is 19.1. The van der Waals surface area contributed by atoms with E-state index < -0.39 is 11.9 Å². The van der Waals surface area contributed by atoms with Crippen molar-refractivity contribution in [1.82, 2.24) is 0 Å². The second kappa shape index (κ2) is 5.21. The molecule has 1 aromatic carbocycles. The average molecular weight is 247 g/mol. The van der Waals surface area contributed by atoms with E-state index in [1.807, 2.05) is 36.1 Å². The quantitative estimate of drug-likeness (QED) is 0.601. The molecule has 0 aromatic heterocycles. The molecule has 1 aliphatic heterocycles. The Morgan fingerprint density at radius 3 is 2.67 bits per heavy atom. The first-order valence-electron chi connectivity index (χ1n) is 6.12. The minimum atomic E-state index is -0.633. The standard InChI is InChI=1S/C14H17NO3/c1-3-18-14(17)12-8-15(9-13(12)16)11-6-4-10(2)5-7-11/h4-7,12H,3,8-9H2,1-2H3/t12-/m0/s1. The van der Waals surface area contributed by atoms with E-state index >= 15 is 0 Å². The number of aryl methyl sites for hydroxylation is 1. The number of rotatable bonds is 3. The van der Waals surface area contributed by atoms with E-state index in [2.05, 4.69) is 0 Å². The number of nitrogens with zero attached hydrogens (tertiary/aromatic N) is 1. The Balaban J connectivity index is 2.08. The van der Waals surface area contributed by atoms with Crippen LogP contribution in [0.25, 0.3) is 0 Å². The van der Waals surface area contributed by atoms with Gasteiger partial charge in [0.2, 0.25) is 0 Å². The van der Waals surface area contributed by atoms with Crippen molar-refractivity contribution in [2.75, 3.05) is 24.6 Å². The lowest BCUT2D eigenvalue weighted by molar-refractivity contribution is -0.149. The molecule has 0 saturated carbocycles. The van der Waals surface area contributed by atoms with Crippen molar-refractivity contribution in [3.05, 3.63) is 29.8 Å². The Hall–Kier alpha value is -1.84. The summed E-state index contributed by atoms with van der Waals surface area (Å²) in [7, 11) is 0. The summed E-state index contributed by atoms with van der Waals surface area (Å²) in [4.78, 5) is 25.3. The van der Waals surface area contributed by atoms with Crippen LogP contribution in [0.3, 0.4) is 0 Å². The smallest absolute Gasteiger partial charge is 0.318 e. The molecule has 2 rings (SSSR count). The van der Waals surface area contributed by atoms with E-state index in [4.69, 9.17) is 4.74 Å². The van der Waals surface area contributed by atoms with Crippen LogP contribution in [0, 0.1) is 12.8 Å². The number of hydrogen-bond donors (Lipinski definition) is 0. The lowest BCUT2D eigenvalue weighted by atomic mass is 10.1. The van der Waals surface area contributed by atoms with E-state index in [0.29, 0.717) is 13.2 Å². The second-order valence-corrected chi connectivity index (χ2v) is 4.49. The highest BCUT2D eigenvalue weighted by molar-refractivity contribution is 6.04. The van der Waals surface area contributed by atoms with Gasteiger partial charge in [0, 0.05) is 12.2 Å². The van der Waals surface area contributed by atoms with Crippen LogP contribution in [-0.2, 0) is 14.3 Å². The molecule has 1 aliphatic rings. The van der Waals surface area contributed by atoms with Crippen LogP contribution in [0.5, 0.6) is 0 Å². The van der Waals surface area contributed by atoms with Gasteiger partial charge in [0.15, 0.2) is 5.78 Å². The van der Waals surface area contributed by atoms with E-state index in [1.165, 1.54) is 5.56 Å². The summed E-state index contributed by atoms with van der Waals surface area (Å²) in [6, 6.07) is 7.93. The first-order chi connectivity index (χ1) is 8.61. The van der Waals surface area contributed by atoms with Gasteiger partial charge in [-0.3, -0.25) is 9.59 Å². The summed E-state index contributed by atoms with van der Waals surface area (Å²) in [5, 5.41) is 0. The maximum atomic E-state index is 11.8. The number of anilines is 1. The number of benzene rings is 1. The van der Waals surface area contributed by atoms with Crippen molar-refractivity contribution in [3.8, 4) is 0 Å². The fourth-order valence-corrected chi connectivity index (χ4v) is 2.09. The first-order valence-corrected chi connectivity index (χ1v) is 6.12. The minimum absolute atomic E-state index is 0.0611. The molecule has 0 unspecified atom stereocenters. The van der Waals surface area contributed by atoms with Gasteiger partial charge in [-0.25, -0.2) is 0 Å². The maximum Gasteiger partial charge on any atom is 0.318 e. The molecule has 1 saturated heterocycles. The third-order valence-corrected chi connectivity index (χ3v) is 3.11. The molecular formula is C14H17NO3. The van der Waals surface area contributed by atoms with Crippen LogP contribution in [0.4, 0.5) is 5.69 Å². The largest absolute Gasteiger partial charge is 0.465 e. The number of esters is 1. The van der Waals surface area contributed by atoms with Crippen molar-refractivity contribution >= 4 is 17.4 Å². The van der Waals surface area contributed by atoms with Gasteiger partial charge in [0.25, 0.3) is 0 Å². The SMILES string of the molecule is CCOC(=O)[C@H]1CN(c2ccc(C)cc2)CC1=O. The van der Waals surface area contributed by atoms with Crippen molar-refractivity contribution in [2.45, 2.75) is 13.8 Å². The summed E-state index contributed by atoms with van der Waals surface area (Å²) in [6.45, 7) is 4.77. The fourth-order valence-electron chi connectivity index (χ4n) is 2.09. The van der Waals surface area contributed by atoms with Gasteiger partial charge >= 0.3 is 5.97 Å². The third-order valence-electron chi connectivity index (χ3n) is 3.11. The summed E-state index contributed by atoms with van der Waals surface area (Å²) >= 11 is 0. The molecule has 1 fully saturated rings. The van der Waals surface area contributed by atoms with Crippen molar-refractivity contribution < 1.29 is 14.3 Å². The second-order valence-electron chi connectivity index (χ2n) is 4.49. The zero-order valence-electron chi connectivity index (χ0n) is 10.7. The van der Waals surface area contributed by atoms with Crippen LogP contribution in [0.2, 0.25) is 0 Å². The van der Waals surface area contributed by atoms with Gasteiger partial charge in [-0.2, -0.15) is 0 Å². The molecule has 18 heavy (non-hydrogen) atoms. The van der Waals surface area contributed by atoms with E-state index in [-0.39, 0.29) is 12.3 Å². The zero-order chi connectivity index (χ0) is 13.1. The van der Waals surface area contributed by atoms with E-state index in [1.54, 1.807) is 6.92 Å². The lowest BCUT2D eigenvalue weighted by Crippen LogP contribution is -2.25. The number of Topliss-reactive ketones (excluding diaryl/α,β-unsaturated/α-hetero) is 1. The number of ketones is 1. The van der Waals surface area contributed by atoms with Crippen LogP contribution >= 0.6 is 0 Å². The first kappa shape index (κ1) is 12.6.